The zero-order valence-electron chi connectivity index (χ0n) is 11.5. The lowest BCUT2D eigenvalue weighted by atomic mass is 9.92. The van der Waals surface area contributed by atoms with Crippen molar-refractivity contribution < 1.29 is 23.1 Å². The van der Waals surface area contributed by atoms with Gasteiger partial charge in [0.05, 0.1) is 5.56 Å². The van der Waals surface area contributed by atoms with Gasteiger partial charge in [0.1, 0.15) is 23.1 Å². The maximum absolute atomic E-state index is 12.7. The second kappa shape index (κ2) is 5.99. The molecule has 0 aliphatic heterocycles. The van der Waals surface area contributed by atoms with Crippen molar-refractivity contribution in [2.24, 2.45) is 0 Å². The van der Waals surface area contributed by atoms with Crippen molar-refractivity contribution in [2.45, 2.75) is 38.4 Å². The van der Waals surface area contributed by atoms with Crippen molar-refractivity contribution in [1.29, 1.82) is 5.26 Å². The number of nitriles is 1. The normalized spacial score (nSPS) is 11.8. The van der Waals surface area contributed by atoms with Crippen molar-refractivity contribution in [1.82, 2.24) is 4.98 Å². The van der Waals surface area contributed by atoms with Gasteiger partial charge in [0.2, 0.25) is 0 Å². The molecule has 0 saturated carbocycles. The van der Waals surface area contributed by atoms with Gasteiger partial charge in [-0.2, -0.15) is 18.4 Å². The number of hydrogen-bond acceptors (Lipinski definition) is 4. The fourth-order valence-electron chi connectivity index (χ4n) is 1.81. The van der Waals surface area contributed by atoms with E-state index in [2.05, 4.69) is 10.3 Å². The zero-order chi connectivity index (χ0) is 16.3. The SMILES string of the molecule is CCC(CC)(Nc1nc(C(F)(F)F)ccc1C#N)C(=O)O. The Morgan fingerprint density at radius 3 is 2.33 bits per heavy atom. The Morgan fingerprint density at radius 2 is 1.95 bits per heavy atom. The molecular weight excluding hydrogens is 287 g/mol. The van der Waals surface area contributed by atoms with E-state index in [1.165, 1.54) is 0 Å². The molecule has 0 bridgehead atoms. The number of hydrogen-bond donors (Lipinski definition) is 2. The van der Waals surface area contributed by atoms with Crippen molar-refractivity contribution >= 4 is 11.8 Å². The van der Waals surface area contributed by atoms with Crippen LogP contribution in [0.5, 0.6) is 0 Å². The van der Waals surface area contributed by atoms with E-state index in [9.17, 15) is 23.1 Å². The van der Waals surface area contributed by atoms with E-state index in [0.29, 0.717) is 6.07 Å². The van der Waals surface area contributed by atoms with Gasteiger partial charge >= 0.3 is 12.1 Å². The molecule has 1 aromatic rings. The number of halogens is 3. The summed E-state index contributed by atoms with van der Waals surface area (Å²) in [6.07, 6.45) is -4.42. The number of alkyl halides is 3. The van der Waals surface area contributed by atoms with Crippen LogP contribution in [0.2, 0.25) is 0 Å². The van der Waals surface area contributed by atoms with E-state index in [-0.39, 0.29) is 24.2 Å². The third kappa shape index (κ3) is 3.42. The lowest BCUT2D eigenvalue weighted by Gasteiger charge is -2.29. The van der Waals surface area contributed by atoms with Crippen molar-refractivity contribution in [3.8, 4) is 6.07 Å². The largest absolute Gasteiger partial charge is 0.480 e. The first-order valence-corrected chi connectivity index (χ1v) is 6.20. The van der Waals surface area contributed by atoms with Crippen LogP contribution in [0.3, 0.4) is 0 Å². The van der Waals surface area contributed by atoms with Gasteiger partial charge in [0, 0.05) is 0 Å². The van der Waals surface area contributed by atoms with E-state index in [1.807, 2.05) is 0 Å². The smallest absolute Gasteiger partial charge is 0.433 e. The molecule has 21 heavy (non-hydrogen) atoms. The summed E-state index contributed by atoms with van der Waals surface area (Å²) in [6, 6.07) is 3.35. The predicted octanol–water partition coefficient (Wildman–Crippen LogP) is 3.03. The summed E-state index contributed by atoms with van der Waals surface area (Å²) in [5.41, 5.74) is -2.80. The fourth-order valence-corrected chi connectivity index (χ4v) is 1.81. The molecule has 0 amide bonds. The Balaban J connectivity index is 3.34. The van der Waals surface area contributed by atoms with Gasteiger partial charge in [-0.15, -0.1) is 0 Å². The third-order valence-electron chi connectivity index (χ3n) is 3.28. The standard InChI is InChI=1S/C13H14F3N3O2/c1-3-12(4-2,11(20)21)19-10-8(7-17)5-6-9(18-10)13(14,15)16/h5-6H,3-4H2,1-2H3,(H,18,19)(H,20,21). The molecule has 5 nitrogen and oxygen atoms in total. The number of anilines is 1. The Bertz CT molecular complexity index is 575. The van der Waals surface area contributed by atoms with Crippen LogP contribution in [0.25, 0.3) is 0 Å². The molecule has 1 heterocycles. The maximum atomic E-state index is 12.7. The number of aromatic nitrogens is 1. The molecular formula is C13H14F3N3O2. The topological polar surface area (TPSA) is 86.0 Å². The number of rotatable bonds is 5. The highest BCUT2D eigenvalue weighted by Gasteiger charge is 2.37. The first-order chi connectivity index (χ1) is 9.70. The van der Waals surface area contributed by atoms with E-state index in [4.69, 9.17) is 5.26 Å². The van der Waals surface area contributed by atoms with Gasteiger partial charge in [0.25, 0.3) is 0 Å². The molecule has 0 spiro atoms. The summed E-state index contributed by atoms with van der Waals surface area (Å²) >= 11 is 0. The molecule has 0 aliphatic carbocycles. The minimum Gasteiger partial charge on any atom is -0.480 e. The Morgan fingerprint density at radius 1 is 1.38 bits per heavy atom. The molecule has 1 aromatic heterocycles. The number of aliphatic carboxylic acids is 1. The van der Waals surface area contributed by atoms with Gasteiger partial charge in [0.15, 0.2) is 0 Å². The van der Waals surface area contributed by atoms with Crippen LogP contribution in [0.1, 0.15) is 37.9 Å². The lowest BCUT2D eigenvalue weighted by Crippen LogP contribution is -2.45. The highest BCUT2D eigenvalue weighted by atomic mass is 19.4. The molecule has 8 heteroatoms. The van der Waals surface area contributed by atoms with Crippen LogP contribution in [0.15, 0.2) is 12.1 Å². The van der Waals surface area contributed by atoms with Crippen LogP contribution in [-0.2, 0) is 11.0 Å². The van der Waals surface area contributed by atoms with Crippen LogP contribution >= 0.6 is 0 Å². The first-order valence-electron chi connectivity index (χ1n) is 6.20. The maximum Gasteiger partial charge on any atom is 0.433 e. The van der Waals surface area contributed by atoms with Crippen LogP contribution in [0, 0.1) is 11.3 Å². The average molecular weight is 301 g/mol. The Hall–Kier alpha value is -2.30. The Labute approximate surface area is 119 Å². The molecule has 1 rings (SSSR count). The molecule has 114 valence electrons. The lowest BCUT2D eigenvalue weighted by molar-refractivity contribution is -0.142. The van der Waals surface area contributed by atoms with Crippen LogP contribution in [0.4, 0.5) is 19.0 Å². The second-order valence-electron chi connectivity index (χ2n) is 4.42. The molecule has 0 aliphatic rings. The predicted molar refractivity (Wildman–Crippen MR) is 68.5 cm³/mol. The van der Waals surface area contributed by atoms with Crippen LogP contribution in [-0.4, -0.2) is 21.6 Å². The molecule has 0 fully saturated rings. The van der Waals surface area contributed by atoms with Gasteiger partial charge in [-0.05, 0) is 25.0 Å². The molecule has 2 N–H and O–H groups in total. The van der Waals surface area contributed by atoms with E-state index in [0.717, 1.165) is 6.07 Å². The summed E-state index contributed by atoms with van der Waals surface area (Å²) in [4.78, 5) is 14.7. The zero-order valence-corrected chi connectivity index (χ0v) is 11.5. The molecule has 0 atom stereocenters. The highest BCUT2D eigenvalue weighted by molar-refractivity contribution is 5.82. The molecule has 0 aromatic carbocycles. The van der Waals surface area contributed by atoms with E-state index in [1.54, 1.807) is 19.9 Å². The third-order valence-corrected chi connectivity index (χ3v) is 3.28. The number of pyridine rings is 1. The summed E-state index contributed by atoms with van der Waals surface area (Å²) in [7, 11) is 0. The number of carboxylic acids is 1. The Kier molecular flexibility index (Phi) is 4.78. The average Bonchev–Trinajstić information content (AvgIpc) is 2.43. The number of carboxylic acid groups (broad SMARTS) is 1. The van der Waals surface area contributed by atoms with Crippen molar-refractivity contribution in [3.63, 3.8) is 0 Å². The molecule has 0 radical (unpaired) electrons. The van der Waals surface area contributed by atoms with Crippen molar-refractivity contribution in [2.75, 3.05) is 5.32 Å². The van der Waals surface area contributed by atoms with E-state index < -0.39 is 23.4 Å². The van der Waals surface area contributed by atoms with Gasteiger partial charge in [-0.25, -0.2) is 9.78 Å². The quantitative estimate of drug-likeness (QED) is 0.873. The van der Waals surface area contributed by atoms with Gasteiger partial charge < -0.3 is 10.4 Å². The van der Waals surface area contributed by atoms with E-state index >= 15 is 0 Å². The number of nitrogens with zero attached hydrogens (tertiary/aromatic N) is 2. The monoisotopic (exact) mass is 301 g/mol. The summed E-state index contributed by atoms with van der Waals surface area (Å²) in [6.45, 7) is 3.18. The molecule has 0 saturated heterocycles. The fraction of sp³-hybridized carbons (Fsp3) is 0.462. The van der Waals surface area contributed by atoms with Gasteiger partial charge in [-0.1, -0.05) is 13.8 Å². The molecule has 0 unspecified atom stereocenters. The number of nitrogens with one attached hydrogen (secondary N) is 1. The number of carbonyl (C=O) groups is 1. The summed E-state index contributed by atoms with van der Waals surface area (Å²) in [5, 5.41) is 20.7. The van der Waals surface area contributed by atoms with Crippen LogP contribution < -0.4 is 5.32 Å². The minimum absolute atomic E-state index is 0.127. The highest BCUT2D eigenvalue weighted by Crippen LogP contribution is 2.31. The summed E-state index contributed by atoms with van der Waals surface area (Å²) < 4.78 is 38.0. The second-order valence-corrected chi connectivity index (χ2v) is 4.42. The summed E-state index contributed by atoms with van der Waals surface area (Å²) in [5.74, 6) is -1.59. The minimum atomic E-state index is -4.67. The van der Waals surface area contributed by atoms with Gasteiger partial charge in [-0.3, -0.25) is 0 Å². The first kappa shape index (κ1) is 16.8. The van der Waals surface area contributed by atoms with Crippen molar-refractivity contribution in [3.05, 3.63) is 23.4 Å².